The molecule has 0 N–H and O–H groups in total. The van der Waals surface area contributed by atoms with Gasteiger partial charge in [0.05, 0.1) is 0 Å². The van der Waals surface area contributed by atoms with E-state index in [0.717, 1.165) is 30.5 Å². The number of pyridine rings is 1. The van der Waals surface area contributed by atoms with Crippen LogP contribution in [0, 0.1) is 6.92 Å². The van der Waals surface area contributed by atoms with Crippen LogP contribution < -0.4 is 0 Å². The van der Waals surface area contributed by atoms with E-state index in [1.54, 1.807) is 6.20 Å². The number of unbranched alkanes of at least 4 members (excludes halogenated alkanes) is 1. The second-order valence-electron chi connectivity index (χ2n) is 8.06. The second kappa shape index (κ2) is 9.72. The van der Waals surface area contributed by atoms with Crippen LogP contribution in [-0.2, 0) is 20.4 Å². The number of benzene rings is 2. The molecule has 0 saturated carbocycles. The molecule has 0 aliphatic rings. The average molecular weight is 491 g/mol. The average Bonchev–Trinajstić information content (AvgIpc) is 3.13. The molecule has 0 radical (unpaired) electrons. The van der Waals surface area contributed by atoms with Gasteiger partial charge in [-0.05, 0) is 0 Å². The number of para-hydroxylation sites is 1. The van der Waals surface area contributed by atoms with Crippen molar-refractivity contribution in [3.8, 4) is 11.3 Å². The van der Waals surface area contributed by atoms with Crippen LogP contribution in [0.2, 0.25) is 0 Å². The fourth-order valence-electron chi connectivity index (χ4n) is 4.48. The molecule has 32 heavy (non-hydrogen) atoms. The van der Waals surface area contributed by atoms with Crippen LogP contribution in [0.5, 0.6) is 0 Å². The number of methoxy groups -OCH3 is 1. The molecule has 4 aromatic rings. The Bertz CT molecular complexity index is 1200. The zero-order valence-electron chi connectivity index (χ0n) is 18.5. The maximum absolute atomic E-state index is 12.7. The van der Waals surface area contributed by atoms with Gasteiger partial charge in [-0.2, -0.15) is 0 Å². The zero-order valence-corrected chi connectivity index (χ0v) is 20.4. The topological polar surface area (TPSA) is 44.1 Å². The molecule has 0 amide bonds. The molecule has 0 spiro atoms. The predicted octanol–water partition coefficient (Wildman–Crippen LogP) is 5.15. The molecule has 2 aromatic heterocycles. The summed E-state index contributed by atoms with van der Waals surface area (Å²) in [6.07, 6.45) is 6.30. The first-order chi connectivity index (χ1) is 15.6. The van der Waals surface area contributed by atoms with Crippen molar-refractivity contribution in [1.29, 1.82) is 0 Å². The Morgan fingerprint density at radius 2 is 1.78 bits per heavy atom. The molecule has 164 valence electrons. The van der Waals surface area contributed by atoms with Gasteiger partial charge in [0.15, 0.2) is 0 Å². The van der Waals surface area contributed by atoms with E-state index < -0.39 is 4.31 Å². The van der Waals surface area contributed by atoms with Gasteiger partial charge in [-0.1, -0.05) is 0 Å². The van der Waals surface area contributed by atoms with Crippen molar-refractivity contribution in [3.05, 3.63) is 90.3 Å². The van der Waals surface area contributed by atoms with E-state index >= 15 is 0 Å². The molecule has 0 bridgehead atoms. The number of aromatic nitrogens is 2. The molecule has 4 nitrogen and oxygen atoms in total. The van der Waals surface area contributed by atoms with E-state index in [1.165, 1.54) is 29.3 Å². The van der Waals surface area contributed by atoms with Gasteiger partial charge in [-0.25, -0.2) is 0 Å². The minimum absolute atomic E-state index is 0.206. The summed E-state index contributed by atoms with van der Waals surface area (Å²) < 4.78 is 6.85. The Kier molecular flexibility index (Phi) is 6.78. The van der Waals surface area contributed by atoms with Gasteiger partial charge in [0.25, 0.3) is 0 Å². The maximum atomic E-state index is 12.7. The zero-order chi connectivity index (χ0) is 22.6. The first-order valence-corrected chi connectivity index (χ1v) is 11.8. The fourth-order valence-corrected chi connectivity index (χ4v) is 5.32. The van der Waals surface area contributed by atoms with Crippen LogP contribution in [0.15, 0.2) is 79.1 Å². The summed E-state index contributed by atoms with van der Waals surface area (Å²) in [4.78, 5) is 17.0. The minimum atomic E-state index is -0.705. The van der Waals surface area contributed by atoms with Gasteiger partial charge in [-0.3, -0.25) is 0 Å². The van der Waals surface area contributed by atoms with Crippen LogP contribution in [0.3, 0.4) is 0 Å². The summed E-state index contributed by atoms with van der Waals surface area (Å²) in [7, 11) is 1.46. The first-order valence-electron chi connectivity index (χ1n) is 10.9. The van der Waals surface area contributed by atoms with E-state index in [-0.39, 0.29) is 5.97 Å². The second-order valence-corrected chi connectivity index (χ2v) is 9.66. The number of ether oxygens (including phenoxy) is 1. The van der Waals surface area contributed by atoms with Gasteiger partial charge in [0.2, 0.25) is 0 Å². The molecule has 2 aromatic carbocycles. The van der Waals surface area contributed by atoms with Crippen molar-refractivity contribution in [3.63, 3.8) is 0 Å². The molecule has 0 aliphatic carbocycles. The third-order valence-corrected chi connectivity index (χ3v) is 7.50. The summed E-state index contributed by atoms with van der Waals surface area (Å²) in [5.41, 5.74) is 5.83. The summed E-state index contributed by atoms with van der Waals surface area (Å²) >= 11 is 2.56. The van der Waals surface area contributed by atoms with Crippen LogP contribution in [0.4, 0.5) is 0 Å². The number of carbonyl (C=O) groups excluding carboxylic acids is 1. The van der Waals surface area contributed by atoms with Crippen LogP contribution in [-0.4, -0.2) is 38.6 Å². The van der Waals surface area contributed by atoms with Crippen molar-refractivity contribution in [1.82, 2.24) is 9.55 Å². The van der Waals surface area contributed by atoms with Crippen molar-refractivity contribution >= 4 is 32.9 Å². The number of hydrogen-bond donors (Lipinski definition) is 0. The van der Waals surface area contributed by atoms with Crippen LogP contribution in [0.25, 0.3) is 22.2 Å². The predicted molar refractivity (Wildman–Crippen MR) is 131 cm³/mol. The third-order valence-electron chi connectivity index (χ3n) is 6.10. The molecular formula is C27H28N2O2Se. The van der Waals surface area contributed by atoms with E-state index in [0.29, 0.717) is 6.42 Å². The van der Waals surface area contributed by atoms with Gasteiger partial charge in [0.1, 0.15) is 0 Å². The number of nitrogens with zero attached hydrogens (tertiary/aromatic N) is 2. The van der Waals surface area contributed by atoms with E-state index in [4.69, 9.17) is 4.74 Å². The van der Waals surface area contributed by atoms with Gasteiger partial charge < -0.3 is 0 Å². The van der Waals surface area contributed by atoms with Crippen molar-refractivity contribution in [2.75, 3.05) is 7.11 Å². The first kappa shape index (κ1) is 22.3. The summed E-state index contributed by atoms with van der Waals surface area (Å²) in [6.45, 7) is 3.06. The molecule has 0 fully saturated rings. The van der Waals surface area contributed by atoms with Crippen molar-refractivity contribution < 1.29 is 9.53 Å². The van der Waals surface area contributed by atoms with Crippen LogP contribution in [0.1, 0.15) is 30.4 Å². The normalized spacial score (nSPS) is 13.1. The molecular weight excluding hydrogens is 463 g/mol. The monoisotopic (exact) mass is 492 g/mol. The quantitative estimate of drug-likeness (QED) is 0.195. The summed E-state index contributed by atoms with van der Waals surface area (Å²) in [5.74, 6) is -0.206. The molecule has 4 rings (SSSR count). The molecule has 1 atom stereocenters. The van der Waals surface area contributed by atoms with E-state index in [1.807, 2.05) is 42.6 Å². The Labute approximate surface area is 197 Å². The number of fused-ring (bicyclic) bond motifs is 1. The van der Waals surface area contributed by atoms with Crippen molar-refractivity contribution in [2.45, 2.75) is 37.0 Å². The molecule has 1 unspecified atom stereocenters. The Hall–Kier alpha value is -2.88. The summed E-state index contributed by atoms with van der Waals surface area (Å²) in [5, 5.41) is 1.27. The fraction of sp³-hybridized carbons (Fsp3) is 0.259. The number of carbonyl (C=O) groups is 1. The Morgan fingerprint density at radius 1 is 1.03 bits per heavy atom. The Balaban J connectivity index is 1.58. The number of rotatable bonds is 8. The molecule has 0 saturated heterocycles. The van der Waals surface area contributed by atoms with Gasteiger partial charge in [-0.15, -0.1) is 0 Å². The SMILES string of the molecule is COC(=O)C([SeH])(CCCCn1c(-c2cccnc2)c(C)c2ccccc21)c1ccccc1. The molecule has 2 heterocycles. The molecule has 0 aliphatic heterocycles. The van der Waals surface area contributed by atoms with E-state index in [9.17, 15) is 4.79 Å². The summed E-state index contributed by atoms with van der Waals surface area (Å²) in [6, 6.07) is 22.5. The number of aryl methyl sites for hydroxylation is 2. The van der Waals surface area contributed by atoms with Crippen molar-refractivity contribution in [2.24, 2.45) is 0 Å². The van der Waals surface area contributed by atoms with E-state index in [2.05, 4.69) is 62.8 Å². The van der Waals surface area contributed by atoms with Crippen LogP contribution >= 0.6 is 0 Å². The standard InChI is InChI=1S/C27H28N2O2Se/c1-20-23-14-6-7-15-24(23)29(25(20)21-11-10-17-28-19-21)18-9-8-16-27(32,26(30)31-2)22-12-4-3-5-13-22/h3-7,10-15,17,19,32H,8-9,16,18H2,1-2H3. The Morgan fingerprint density at radius 3 is 2.50 bits per heavy atom. The van der Waals surface area contributed by atoms with Gasteiger partial charge in [0, 0.05) is 0 Å². The number of hydrogen-bond acceptors (Lipinski definition) is 3. The number of esters is 1. The van der Waals surface area contributed by atoms with Gasteiger partial charge >= 0.3 is 198 Å². The third kappa shape index (κ3) is 4.23. The molecule has 5 heteroatoms.